The van der Waals surface area contributed by atoms with Crippen LogP contribution in [0.4, 0.5) is 11.6 Å². The second kappa shape index (κ2) is 8.85. The number of nitrogens with zero attached hydrogens (tertiary/aromatic N) is 5. The van der Waals surface area contributed by atoms with E-state index in [9.17, 15) is 5.11 Å². The maximum absolute atomic E-state index is 9.79. The molecule has 2 aliphatic rings. The molecule has 170 valence electrons. The summed E-state index contributed by atoms with van der Waals surface area (Å²) in [6, 6.07) is 10.3. The highest BCUT2D eigenvalue weighted by Gasteiger charge is 2.28. The fraction of sp³-hybridized carbons (Fsp3) is 0.400. The Balaban J connectivity index is 1.50. The summed E-state index contributed by atoms with van der Waals surface area (Å²) >= 11 is 1.68. The molecule has 6 rings (SSSR count). The summed E-state index contributed by atoms with van der Waals surface area (Å²) in [7, 11) is 0. The molecule has 7 nitrogen and oxygen atoms in total. The average Bonchev–Trinajstić information content (AvgIpc) is 3.49. The molecule has 1 saturated heterocycles. The van der Waals surface area contributed by atoms with E-state index in [4.69, 9.17) is 14.7 Å². The summed E-state index contributed by atoms with van der Waals surface area (Å²) in [5, 5.41) is 11.0. The minimum atomic E-state index is 0.0675. The van der Waals surface area contributed by atoms with Crippen molar-refractivity contribution in [2.45, 2.75) is 25.8 Å². The molecule has 4 aromatic rings. The number of ether oxygens (including phenoxy) is 1. The normalized spacial score (nSPS) is 16.0. The predicted octanol–water partition coefficient (Wildman–Crippen LogP) is 3.56. The van der Waals surface area contributed by atoms with Gasteiger partial charge in [-0.05, 0) is 36.0 Å². The average molecular weight is 462 g/mol. The number of aliphatic hydroxyl groups excluding tert-OH is 1. The third-order valence-electron chi connectivity index (χ3n) is 6.63. The van der Waals surface area contributed by atoms with E-state index in [0.29, 0.717) is 13.1 Å². The molecule has 1 aliphatic carbocycles. The van der Waals surface area contributed by atoms with Crippen LogP contribution >= 0.6 is 11.3 Å². The second-order valence-electron chi connectivity index (χ2n) is 8.63. The van der Waals surface area contributed by atoms with Crippen molar-refractivity contribution in [1.29, 1.82) is 0 Å². The maximum atomic E-state index is 9.79. The van der Waals surface area contributed by atoms with Gasteiger partial charge in [-0.2, -0.15) is 0 Å². The number of aromatic nitrogens is 3. The zero-order valence-electron chi connectivity index (χ0n) is 18.5. The van der Waals surface area contributed by atoms with Gasteiger partial charge in [0.15, 0.2) is 5.82 Å². The SMILES string of the molecule is OCCN(Cc1ccccc1)c1ncnc2c1sc1nc(N3CCOCC3)c3c(c12)CCC3. The summed E-state index contributed by atoms with van der Waals surface area (Å²) < 4.78 is 6.63. The number of morpholine rings is 1. The highest BCUT2D eigenvalue weighted by molar-refractivity contribution is 7.26. The van der Waals surface area contributed by atoms with Crippen LogP contribution in [0.15, 0.2) is 36.7 Å². The molecule has 0 bridgehead atoms. The van der Waals surface area contributed by atoms with E-state index in [1.165, 1.54) is 22.1 Å². The van der Waals surface area contributed by atoms with Crippen LogP contribution in [0.25, 0.3) is 20.4 Å². The molecule has 4 heterocycles. The number of pyridine rings is 1. The Morgan fingerprint density at radius 2 is 1.88 bits per heavy atom. The number of fused-ring (bicyclic) bond motifs is 5. The van der Waals surface area contributed by atoms with E-state index in [-0.39, 0.29) is 6.61 Å². The van der Waals surface area contributed by atoms with Crippen molar-refractivity contribution < 1.29 is 9.84 Å². The first-order valence-electron chi connectivity index (χ1n) is 11.6. The first-order chi connectivity index (χ1) is 16.3. The fourth-order valence-corrected chi connectivity index (χ4v) is 6.28. The van der Waals surface area contributed by atoms with Crippen LogP contribution in [0.1, 0.15) is 23.1 Å². The lowest BCUT2D eigenvalue weighted by atomic mass is 10.1. The summed E-state index contributed by atoms with van der Waals surface area (Å²) in [5.74, 6) is 2.01. The second-order valence-corrected chi connectivity index (χ2v) is 9.63. The Morgan fingerprint density at radius 3 is 2.70 bits per heavy atom. The quantitative estimate of drug-likeness (QED) is 0.471. The molecule has 1 N–H and O–H groups in total. The van der Waals surface area contributed by atoms with Crippen molar-refractivity contribution in [2.75, 3.05) is 49.3 Å². The Kier molecular flexibility index (Phi) is 5.57. The number of anilines is 2. The third-order valence-corrected chi connectivity index (χ3v) is 7.70. The maximum Gasteiger partial charge on any atom is 0.150 e. The first-order valence-corrected chi connectivity index (χ1v) is 12.5. The fourth-order valence-electron chi connectivity index (χ4n) is 5.11. The van der Waals surface area contributed by atoms with E-state index >= 15 is 0 Å². The van der Waals surface area contributed by atoms with Crippen molar-refractivity contribution in [3.63, 3.8) is 0 Å². The Hall–Kier alpha value is -2.81. The molecule has 0 spiro atoms. The molecular formula is C25H27N5O2S. The van der Waals surface area contributed by atoms with E-state index in [1.807, 2.05) is 18.2 Å². The van der Waals surface area contributed by atoms with E-state index in [0.717, 1.165) is 72.2 Å². The van der Waals surface area contributed by atoms with Crippen LogP contribution in [0, 0.1) is 0 Å². The minimum absolute atomic E-state index is 0.0675. The summed E-state index contributed by atoms with van der Waals surface area (Å²) in [4.78, 5) is 20.2. The standard InChI is InChI=1S/C25H27N5O2S/c31-12-9-30(15-17-5-2-1-3-6-17)24-22-21(26-16-27-24)20-18-7-4-8-19(18)23(28-25(20)33-22)29-10-13-32-14-11-29/h1-3,5-6,16,31H,4,7-15H2. The number of aryl methyl sites for hydroxylation is 1. The Labute approximate surface area is 196 Å². The number of rotatable bonds is 6. The molecule has 0 atom stereocenters. The van der Waals surface area contributed by atoms with Gasteiger partial charge < -0.3 is 19.6 Å². The van der Waals surface area contributed by atoms with Gasteiger partial charge in [0.1, 0.15) is 17.0 Å². The van der Waals surface area contributed by atoms with Crippen molar-refractivity contribution in [3.05, 3.63) is 53.3 Å². The van der Waals surface area contributed by atoms with E-state index in [2.05, 4.69) is 26.9 Å². The van der Waals surface area contributed by atoms with E-state index in [1.54, 1.807) is 17.7 Å². The van der Waals surface area contributed by atoms with Gasteiger partial charge in [-0.3, -0.25) is 0 Å². The third kappa shape index (κ3) is 3.72. The summed E-state index contributed by atoms with van der Waals surface area (Å²) in [6.07, 6.45) is 4.97. The Bertz CT molecular complexity index is 1290. The molecule has 1 aromatic carbocycles. The smallest absolute Gasteiger partial charge is 0.150 e. The number of hydrogen-bond acceptors (Lipinski definition) is 8. The van der Waals surface area contributed by atoms with Crippen molar-refractivity contribution in [3.8, 4) is 0 Å². The van der Waals surface area contributed by atoms with Crippen LogP contribution < -0.4 is 9.80 Å². The topological polar surface area (TPSA) is 74.6 Å². The van der Waals surface area contributed by atoms with Gasteiger partial charge in [-0.25, -0.2) is 15.0 Å². The monoisotopic (exact) mass is 461 g/mol. The molecule has 1 fully saturated rings. The molecule has 3 aromatic heterocycles. The Morgan fingerprint density at radius 1 is 1.06 bits per heavy atom. The first kappa shape index (κ1) is 20.8. The van der Waals surface area contributed by atoms with Gasteiger partial charge >= 0.3 is 0 Å². The lowest BCUT2D eigenvalue weighted by Crippen LogP contribution is -2.37. The van der Waals surface area contributed by atoms with Crippen molar-refractivity contribution in [1.82, 2.24) is 15.0 Å². The van der Waals surface area contributed by atoms with Crippen molar-refractivity contribution >= 4 is 43.4 Å². The molecule has 0 unspecified atom stereocenters. The van der Waals surface area contributed by atoms with Gasteiger partial charge in [0.05, 0.1) is 30.0 Å². The van der Waals surface area contributed by atoms with Crippen LogP contribution in [-0.2, 0) is 24.1 Å². The lowest BCUT2D eigenvalue weighted by molar-refractivity contribution is 0.122. The number of aliphatic hydroxyl groups is 1. The minimum Gasteiger partial charge on any atom is -0.395 e. The molecule has 0 saturated carbocycles. The highest BCUT2D eigenvalue weighted by Crippen LogP contribution is 2.44. The van der Waals surface area contributed by atoms with Gasteiger partial charge in [0.2, 0.25) is 0 Å². The van der Waals surface area contributed by atoms with Gasteiger partial charge in [0, 0.05) is 31.6 Å². The van der Waals surface area contributed by atoms with Gasteiger partial charge in [-0.1, -0.05) is 30.3 Å². The van der Waals surface area contributed by atoms with Crippen LogP contribution in [0.5, 0.6) is 0 Å². The van der Waals surface area contributed by atoms with E-state index < -0.39 is 0 Å². The number of thiophene rings is 1. The van der Waals surface area contributed by atoms with Crippen molar-refractivity contribution in [2.24, 2.45) is 0 Å². The molecular weight excluding hydrogens is 434 g/mol. The molecule has 33 heavy (non-hydrogen) atoms. The summed E-state index contributed by atoms with van der Waals surface area (Å²) in [5.41, 5.74) is 4.98. The zero-order valence-corrected chi connectivity index (χ0v) is 19.4. The molecule has 0 amide bonds. The summed E-state index contributed by atoms with van der Waals surface area (Å²) in [6.45, 7) is 4.56. The highest BCUT2D eigenvalue weighted by atomic mass is 32.1. The van der Waals surface area contributed by atoms with Gasteiger partial charge in [0.25, 0.3) is 0 Å². The predicted molar refractivity (Wildman–Crippen MR) is 132 cm³/mol. The molecule has 1 aliphatic heterocycles. The largest absolute Gasteiger partial charge is 0.395 e. The van der Waals surface area contributed by atoms with Crippen LogP contribution in [0.2, 0.25) is 0 Å². The molecule has 0 radical (unpaired) electrons. The lowest BCUT2D eigenvalue weighted by Gasteiger charge is -2.29. The van der Waals surface area contributed by atoms with Gasteiger partial charge in [-0.15, -0.1) is 11.3 Å². The van der Waals surface area contributed by atoms with Crippen LogP contribution in [-0.4, -0.2) is 59.5 Å². The number of hydrogen-bond donors (Lipinski definition) is 1. The van der Waals surface area contributed by atoms with Crippen LogP contribution in [0.3, 0.4) is 0 Å². The number of benzene rings is 1. The zero-order chi connectivity index (χ0) is 22.2. The molecule has 8 heteroatoms.